The predicted molar refractivity (Wildman–Crippen MR) is 105 cm³/mol. The van der Waals surface area contributed by atoms with Crippen LogP contribution in [0.4, 0.5) is 4.39 Å². The van der Waals surface area contributed by atoms with Crippen molar-refractivity contribution in [1.29, 1.82) is 0 Å². The van der Waals surface area contributed by atoms with Gasteiger partial charge in [0.05, 0.1) is 12.0 Å². The molecule has 9 heteroatoms. The Hall–Kier alpha value is -2.91. The van der Waals surface area contributed by atoms with Crippen molar-refractivity contribution in [3.63, 3.8) is 0 Å². The van der Waals surface area contributed by atoms with E-state index >= 15 is 0 Å². The lowest BCUT2D eigenvalue weighted by molar-refractivity contribution is -0.127. The zero-order valence-corrected chi connectivity index (χ0v) is 16.6. The number of halogens is 1. The topological polar surface area (TPSA) is 87.2 Å². The monoisotopic (exact) mass is 420 g/mol. The lowest BCUT2D eigenvalue weighted by Gasteiger charge is -2.33. The molecule has 2 aromatic carbocycles. The van der Waals surface area contributed by atoms with Gasteiger partial charge < -0.3 is 14.7 Å². The SMILES string of the molecule is COc1cc(/C=C/C(=O)N2CCN(S(=O)(=O)c3ccc(F)cc3)CC2)ccc1O. The fourth-order valence-electron chi connectivity index (χ4n) is 2.98. The van der Waals surface area contributed by atoms with Crippen LogP contribution in [0, 0.1) is 5.82 Å². The third-order valence-electron chi connectivity index (χ3n) is 4.62. The molecule has 0 radical (unpaired) electrons. The van der Waals surface area contributed by atoms with Crippen molar-refractivity contribution in [3.05, 3.63) is 59.9 Å². The Morgan fingerprint density at radius 1 is 1.10 bits per heavy atom. The molecule has 1 saturated heterocycles. The van der Waals surface area contributed by atoms with Crippen molar-refractivity contribution in [2.75, 3.05) is 33.3 Å². The van der Waals surface area contributed by atoms with E-state index in [0.717, 1.165) is 12.1 Å². The van der Waals surface area contributed by atoms with Crippen LogP contribution >= 0.6 is 0 Å². The molecule has 29 heavy (non-hydrogen) atoms. The van der Waals surface area contributed by atoms with Gasteiger partial charge in [0.15, 0.2) is 11.5 Å². The third kappa shape index (κ3) is 4.75. The summed E-state index contributed by atoms with van der Waals surface area (Å²) in [5.74, 6) is -0.429. The predicted octanol–water partition coefficient (Wildman–Crippen LogP) is 2.09. The fraction of sp³-hybridized carbons (Fsp3) is 0.250. The highest BCUT2D eigenvalue weighted by molar-refractivity contribution is 7.89. The number of piperazine rings is 1. The molecule has 2 aromatic rings. The average molecular weight is 420 g/mol. The summed E-state index contributed by atoms with van der Waals surface area (Å²) in [6.07, 6.45) is 3.00. The molecule has 1 aliphatic heterocycles. The molecule has 0 unspecified atom stereocenters. The van der Waals surface area contributed by atoms with Gasteiger partial charge in [0.2, 0.25) is 15.9 Å². The number of benzene rings is 2. The fourth-order valence-corrected chi connectivity index (χ4v) is 4.40. The van der Waals surface area contributed by atoms with Crippen molar-refractivity contribution in [2.45, 2.75) is 4.90 Å². The molecule has 0 bridgehead atoms. The maximum Gasteiger partial charge on any atom is 0.246 e. The van der Waals surface area contributed by atoms with Crippen molar-refractivity contribution in [3.8, 4) is 11.5 Å². The van der Waals surface area contributed by atoms with Gasteiger partial charge in [0.1, 0.15) is 5.82 Å². The molecule has 0 saturated carbocycles. The van der Waals surface area contributed by atoms with Crippen LogP contribution in [0.25, 0.3) is 6.08 Å². The first kappa shape index (κ1) is 20.8. The largest absolute Gasteiger partial charge is 0.504 e. The second-order valence-electron chi connectivity index (χ2n) is 6.45. The quantitative estimate of drug-likeness (QED) is 0.749. The summed E-state index contributed by atoms with van der Waals surface area (Å²) in [5.41, 5.74) is 0.686. The lowest BCUT2D eigenvalue weighted by Crippen LogP contribution is -2.50. The van der Waals surface area contributed by atoms with Crippen molar-refractivity contribution >= 4 is 22.0 Å². The van der Waals surface area contributed by atoms with Gasteiger partial charge >= 0.3 is 0 Å². The number of phenolic OH excluding ortho intramolecular Hbond substituents is 1. The molecule has 0 aliphatic carbocycles. The van der Waals surface area contributed by atoms with Gasteiger partial charge in [-0.3, -0.25) is 4.79 Å². The van der Waals surface area contributed by atoms with E-state index in [9.17, 15) is 22.7 Å². The molecule has 1 amide bonds. The maximum atomic E-state index is 13.0. The summed E-state index contributed by atoms with van der Waals surface area (Å²) in [6.45, 7) is 0.823. The van der Waals surface area contributed by atoms with E-state index in [1.54, 1.807) is 23.1 Å². The standard InChI is InChI=1S/C20H21FN2O5S/c1-28-19-14-15(2-8-18(19)24)3-9-20(25)22-10-12-23(13-11-22)29(26,27)17-6-4-16(21)5-7-17/h2-9,14,24H,10-13H2,1H3/b9-3+. The van der Waals surface area contributed by atoms with Crippen LogP contribution in [-0.2, 0) is 14.8 Å². The Labute approximate surface area is 168 Å². The van der Waals surface area contributed by atoms with E-state index in [1.165, 1.54) is 35.7 Å². The molecular weight excluding hydrogens is 399 g/mol. The van der Waals surface area contributed by atoms with Crippen LogP contribution in [0.15, 0.2) is 53.4 Å². The molecule has 1 aliphatic rings. The summed E-state index contributed by atoms with van der Waals surface area (Å²) in [6, 6.07) is 9.41. The van der Waals surface area contributed by atoms with Crippen molar-refractivity contribution in [1.82, 2.24) is 9.21 Å². The Morgan fingerprint density at radius 2 is 1.76 bits per heavy atom. The first-order valence-corrected chi connectivity index (χ1v) is 10.3. The number of ether oxygens (including phenoxy) is 1. The highest BCUT2D eigenvalue weighted by Gasteiger charge is 2.29. The van der Waals surface area contributed by atoms with E-state index in [-0.39, 0.29) is 42.7 Å². The molecule has 0 aromatic heterocycles. The van der Waals surface area contributed by atoms with Crippen molar-refractivity contribution in [2.24, 2.45) is 0 Å². The Balaban J connectivity index is 1.61. The summed E-state index contributed by atoms with van der Waals surface area (Å²) < 4.78 is 44.6. The normalized spacial score (nSPS) is 15.6. The summed E-state index contributed by atoms with van der Waals surface area (Å²) in [7, 11) is -2.28. The van der Waals surface area contributed by atoms with Crippen LogP contribution in [0.2, 0.25) is 0 Å². The summed E-state index contributed by atoms with van der Waals surface area (Å²) in [4.78, 5) is 14.0. The van der Waals surface area contributed by atoms with Gasteiger partial charge in [-0.1, -0.05) is 6.07 Å². The zero-order chi connectivity index (χ0) is 21.0. The van der Waals surface area contributed by atoms with E-state index in [0.29, 0.717) is 11.3 Å². The molecule has 0 spiro atoms. The Bertz CT molecular complexity index is 1010. The van der Waals surface area contributed by atoms with Crippen LogP contribution in [-0.4, -0.2) is 61.9 Å². The minimum Gasteiger partial charge on any atom is -0.504 e. The molecule has 3 rings (SSSR count). The number of carbonyl (C=O) groups excluding carboxylic acids is 1. The highest BCUT2D eigenvalue weighted by atomic mass is 32.2. The Morgan fingerprint density at radius 3 is 2.38 bits per heavy atom. The number of amides is 1. The number of sulfonamides is 1. The number of hydrogen-bond donors (Lipinski definition) is 1. The van der Waals surface area contributed by atoms with Gasteiger partial charge in [-0.15, -0.1) is 0 Å². The first-order valence-electron chi connectivity index (χ1n) is 8.91. The number of hydrogen-bond acceptors (Lipinski definition) is 5. The van der Waals surface area contributed by atoms with Crippen LogP contribution in [0.5, 0.6) is 11.5 Å². The molecule has 0 atom stereocenters. The van der Waals surface area contributed by atoms with Gasteiger partial charge in [-0.05, 0) is 48.0 Å². The molecule has 1 heterocycles. The molecule has 1 N–H and O–H groups in total. The van der Waals surface area contributed by atoms with Crippen LogP contribution in [0.1, 0.15) is 5.56 Å². The minimum atomic E-state index is -3.72. The Kier molecular flexibility index (Phi) is 6.19. The van der Waals surface area contributed by atoms with Crippen LogP contribution in [0.3, 0.4) is 0 Å². The van der Waals surface area contributed by atoms with Crippen molar-refractivity contribution < 1.29 is 27.4 Å². The second-order valence-corrected chi connectivity index (χ2v) is 8.39. The third-order valence-corrected chi connectivity index (χ3v) is 6.54. The highest BCUT2D eigenvalue weighted by Crippen LogP contribution is 2.26. The smallest absolute Gasteiger partial charge is 0.246 e. The number of methoxy groups -OCH3 is 1. The van der Waals surface area contributed by atoms with E-state index in [4.69, 9.17) is 4.74 Å². The second kappa shape index (κ2) is 8.62. The summed E-state index contributed by atoms with van der Waals surface area (Å²) >= 11 is 0. The zero-order valence-electron chi connectivity index (χ0n) is 15.8. The van der Waals surface area contributed by atoms with Crippen LogP contribution < -0.4 is 4.74 Å². The van der Waals surface area contributed by atoms with Gasteiger partial charge in [-0.2, -0.15) is 4.31 Å². The maximum absolute atomic E-state index is 13.0. The number of aromatic hydroxyl groups is 1. The molecular formula is C20H21FN2O5S. The number of phenols is 1. The van der Waals surface area contributed by atoms with Gasteiger partial charge in [0.25, 0.3) is 0 Å². The van der Waals surface area contributed by atoms with E-state index in [1.807, 2.05) is 0 Å². The molecule has 154 valence electrons. The molecule has 7 nitrogen and oxygen atoms in total. The summed E-state index contributed by atoms with van der Waals surface area (Å²) in [5, 5.41) is 9.61. The number of rotatable bonds is 5. The average Bonchev–Trinajstić information content (AvgIpc) is 2.73. The number of carbonyl (C=O) groups is 1. The molecule has 1 fully saturated rings. The first-order chi connectivity index (χ1) is 13.8. The lowest BCUT2D eigenvalue weighted by atomic mass is 10.2. The minimum absolute atomic E-state index is 0.00876. The van der Waals surface area contributed by atoms with E-state index < -0.39 is 15.8 Å². The number of nitrogens with zero attached hydrogens (tertiary/aromatic N) is 2. The van der Waals surface area contributed by atoms with Gasteiger partial charge in [0, 0.05) is 32.3 Å². The van der Waals surface area contributed by atoms with E-state index in [2.05, 4.69) is 0 Å². The van der Waals surface area contributed by atoms with Gasteiger partial charge in [-0.25, -0.2) is 12.8 Å².